The number of phenolic OH excluding ortho intramolecular Hbond substituents is 3. The zero-order valence-electron chi connectivity index (χ0n) is 16.3. The molecule has 0 amide bonds. The summed E-state index contributed by atoms with van der Waals surface area (Å²) in [6, 6.07) is 7.19. The van der Waals surface area contributed by atoms with Crippen LogP contribution in [0.15, 0.2) is 45.6 Å². The molecular formula is C21H20O11. The molecule has 0 saturated carbocycles. The monoisotopic (exact) mass is 448 g/mol. The highest BCUT2D eigenvalue weighted by atomic mass is 16.7. The zero-order chi connectivity index (χ0) is 23.2. The Morgan fingerprint density at radius 1 is 0.906 bits per heavy atom. The van der Waals surface area contributed by atoms with E-state index in [4.69, 9.17) is 13.9 Å². The summed E-state index contributed by atoms with van der Waals surface area (Å²) in [5, 5.41) is 68.7. The van der Waals surface area contributed by atoms with Crippen LogP contribution in [-0.2, 0) is 4.74 Å². The van der Waals surface area contributed by atoms with E-state index < -0.39 is 54.2 Å². The van der Waals surface area contributed by atoms with Crippen molar-refractivity contribution in [3.8, 4) is 34.3 Å². The number of aromatic hydroxyl groups is 3. The molecule has 1 aromatic heterocycles. The maximum Gasteiger partial charge on any atom is 0.229 e. The number of phenols is 3. The zero-order valence-corrected chi connectivity index (χ0v) is 16.3. The van der Waals surface area contributed by atoms with Crippen molar-refractivity contribution in [1.29, 1.82) is 0 Å². The topological polar surface area (TPSA) is 190 Å². The Labute approximate surface area is 179 Å². The molecule has 0 radical (unpaired) electrons. The fourth-order valence-electron chi connectivity index (χ4n) is 3.46. The lowest BCUT2D eigenvalue weighted by molar-refractivity contribution is -0.277. The van der Waals surface area contributed by atoms with E-state index in [-0.39, 0.29) is 33.8 Å². The van der Waals surface area contributed by atoms with Crippen molar-refractivity contribution in [3.05, 3.63) is 46.6 Å². The van der Waals surface area contributed by atoms with Gasteiger partial charge in [0.1, 0.15) is 52.6 Å². The number of benzene rings is 2. The minimum absolute atomic E-state index is 0.0298. The van der Waals surface area contributed by atoms with Crippen molar-refractivity contribution in [2.24, 2.45) is 0 Å². The Hall–Kier alpha value is -3.35. The highest BCUT2D eigenvalue weighted by Crippen LogP contribution is 2.35. The Kier molecular flexibility index (Phi) is 5.67. The van der Waals surface area contributed by atoms with Gasteiger partial charge in [-0.2, -0.15) is 0 Å². The number of hydrogen-bond donors (Lipinski definition) is 7. The third-order valence-corrected chi connectivity index (χ3v) is 5.13. The van der Waals surface area contributed by atoms with Gasteiger partial charge in [-0.05, 0) is 18.2 Å². The molecule has 11 nitrogen and oxygen atoms in total. The van der Waals surface area contributed by atoms with Gasteiger partial charge in [-0.3, -0.25) is 4.79 Å². The molecule has 32 heavy (non-hydrogen) atoms. The van der Waals surface area contributed by atoms with Gasteiger partial charge in [-0.1, -0.05) is 0 Å². The molecule has 170 valence electrons. The van der Waals surface area contributed by atoms with Crippen molar-refractivity contribution in [2.75, 3.05) is 6.61 Å². The standard InChI is InChI=1S/C21H20O11/c22-7-16-18(27)19(28)20(29)21(32-16)31-13-2-1-8(3-10(13)24)14-6-12(26)17-11(25)4-9(23)5-15(17)30-14/h1-6,16,18-25,27-29H,7H2/t16-,18+,19+,20-,21-/m0/s1. The number of fused-ring (bicyclic) bond motifs is 1. The molecule has 11 heteroatoms. The maximum atomic E-state index is 12.4. The molecule has 0 spiro atoms. The van der Waals surface area contributed by atoms with Crippen molar-refractivity contribution in [1.82, 2.24) is 0 Å². The van der Waals surface area contributed by atoms with E-state index in [1.807, 2.05) is 0 Å². The summed E-state index contributed by atoms with van der Waals surface area (Å²) in [6.45, 7) is -0.637. The fraction of sp³-hybridized carbons (Fsp3) is 0.286. The highest BCUT2D eigenvalue weighted by Gasteiger charge is 2.44. The normalized spacial score (nSPS) is 25.7. The summed E-state index contributed by atoms with van der Waals surface area (Å²) in [6.07, 6.45) is -7.54. The van der Waals surface area contributed by atoms with Gasteiger partial charge >= 0.3 is 0 Å². The van der Waals surface area contributed by atoms with Gasteiger partial charge in [0.15, 0.2) is 16.9 Å². The molecule has 1 aliphatic heterocycles. The second-order valence-corrected chi connectivity index (χ2v) is 7.31. The number of aliphatic hydroxyl groups excluding tert-OH is 4. The molecule has 2 heterocycles. The highest BCUT2D eigenvalue weighted by molar-refractivity contribution is 5.86. The Morgan fingerprint density at radius 3 is 2.34 bits per heavy atom. The van der Waals surface area contributed by atoms with Crippen LogP contribution in [0.5, 0.6) is 23.0 Å². The summed E-state index contributed by atoms with van der Waals surface area (Å²) in [4.78, 5) is 12.4. The maximum absolute atomic E-state index is 12.4. The van der Waals surface area contributed by atoms with Crippen LogP contribution in [0.25, 0.3) is 22.3 Å². The first-order valence-electron chi connectivity index (χ1n) is 9.50. The van der Waals surface area contributed by atoms with Crippen molar-refractivity contribution in [2.45, 2.75) is 30.7 Å². The van der Waals surface area contributed by atoms with Gasteiger partial charge in [-0.15, -0.1) is 0 Å². The molecule has 0 bridgehead atoms. The average molecular weight is 448 g/mol. The first kappa shape index (κ1) is 21.9. The molecule has 2 aromatic carbocycles. The molecule has 4 rings (SSSR count). The van der Waals surface area contributed by atoms with Crippen LogP contribution < -0.4 is 10.2 Å². The van der Waals surface area contributed by atoms with E-state index in [0.717, 1.165) is 18.2 Å². The Morgan fingerprint density at radius 2 is 1.66 bits per heavy atom. The van der Waals surface area contributed by atoms with Gasteiger partial charge in [0.05, 0.1) is 6.61 Å². The minimum atomic E-state index is -1.66. The van der Waals surface area contributed by atoms with Crippen LogP contribution in [-0.4, -0.2) is 73.1 Å². The third kappa shape index (κ3) is 3.83. The van der Waals surface area contributed by atoms with E-state index in [0.29, 0.717) is 0 Å². The first-order chi connectivity index (χ1) is 15.2. The van der Waals surface area contributed by atoms with E-state index in [1.165, 1.54) is 18.2 Å². The average Bonchev–Trinajstić information content (AvgIpc) is 2.74. The molecule has 5 atom stereocenters. The van der Waals surface area contributed by atoms with Crippen LogP contribution in [0.1, 0.15) is 0 Å². The second-order valence-electron chi connectivity index (χ2n) is 7.31. The van der Waals surface area contributed by atoms with E-state index >= 15 is 0 Å². The summed E-state index contributed by atoms with van der Waals surface area (Å²) in [5.41, 5.74) is -0.378. The number of aliphatic hydroxyl groups is 4. The van der Waals surface area contributed by atoms with Crippen LogP contribution in [0.4, 0.5) is 0 Å². The molecular weight excluding hydrogens is 428 g/mol. The quantitative estimate of drug-likeness (QED) is 0.279. The number of rotatable bonds is 4. The summed E-state index contributed by atoms with van der Waals surface area (Å²) < 4.78 is 16.2. The smallest absolute Gasteiger partial charge is 0.229 e. The fourth-order valence-corrected chi connectivity index (χ4v) is 3.46. The molecule has 3 aromatic rings. The van der Waals surface area contributed by atoms with Crippen molar-refractivity contribution < 1.29 is 49.6 Å². The van der Waals surface area contributed by atoms with Gasteiger partial charge in [-0.25, -0.2) is 0 Å². The predicted octanol–water partition coefficient (Wildman–Crippen LogP) is -0.245. The lowest BCUT2D eigenvalue weighted by Gasteiger charge is -2.39. The van der Waals surface area contributed by atoms with Gasteiger partial charge < -0.3 is 49.6 Å². The molecule has 0 unspecified atom stereocenters. The van der Waals surface area contributed by atoms with Crippen LogP contribution in [0.2, 0.25) is 0 Å². The summed E-state index contributed by atoms with van der Waals surface area (Å²) in [7, 11) is 0. The van der Waals surface area contributed by atoms with Crippen LogP contribution in [0, 0.1) is 0 Å². The lowest BCUT2D eigenvalue weighted by Crippen LogP contribution is -2.60. The van der Waals surface area contributed by atoms with E-state index in [9.17, 15) is 40.5 Å². The summed E-state index contributed by atoms with van der Waals surface area (Å²) >= 11 is 0. The number of ether oxygens (including phenoxy) is 2. The van der Waals surface area contributed by atoms with Gasteiger partial charge in [0, 0.05) is 23.8 Å². The molecule has 1 saturated heterocycles. The lowest BCUT2D eigenvalue weighted by atomic mass is 9.99. The third-order valence-electron chi connectivity index (χ3n) is 5.13. The minimum Gasteiger partial charge on any atom is -0.508 e. The molecule has 0 aliphatic carbocycles. The van der Waals surface area contributed by atoms with Crippen LogP contribution >= 0.6 is 0 Å². The largest absolute Gasteiger partial charge is 0.508 e. The van der Waals surface area contributed by atoms with Crippen molar-refractivity contribution >= 4 is 11.0 Å². The first-order valence-corrected chi connectivity index (χ1v) is 9.50. The predicted molar refractivity (Wildman–Crippen MR) is 107 cm³/mol. The van der Waals surface area contributed by atoms with E-state index in [1.54, 1.807) is 0 Å². The van der Waals surface area contributed by atoms with Crippen molar-refractivity contribution in [3.63, 3.8) is 0 Å². The Bertz CT molecular complexity index is 1200. The Balaban J connectivity index is 1.64. The van der Waals surface area contributed by atoms with Crippen LogP contribution in [0.3, 0.4) is 0 Å². The van der Waals surface area contributed by atoms with E-state index in [2.05, 4.69) is 0 Å². The number of hydrogen-bond acceptors (Lipinski definition) is 11. The van der Waals surface area contributed by atoms with Gasteiger partial charge in [0.2, 0.25) is 6.29 Å². The molecule has 1 fully saturated rings. The van der Waals surface area contributed by atoms with Gasteiger partial charge in [0.25, 0.3) is 0 Å². The molecule has 1 aliphatic rings. The molecule has 7 N–H and O–H groups in total. The SMILES string of the molecule is O=c1cc(-c2ccc(O[C@H]3O[C@@H](CO)[C@@H](O)[C@@H](O)[C@@H]3O)c(O)c2)oc2cc(O)cc(O)c12. The summed E-state index contributed by atoms with van der Waals surface area (Å²) in [5.74, 6) is -1.30. The second kappa shape index (κ2) is 8.30.